The summed E-state index contributed by atoms with van der Waals surface area (Å²) in [5, 5.41) is 5.44. The fraction of sp³-hybridized carbons (Fsp3) is 0.211. The topological polar surface area (TPSA) is 80.3 Å². The van der Waals surface area contributed by atoms with Gasteiger partial charge in [0.15, 0.2) is 0 Å². The molecule has 2 amide bonds. The van der Waals surface area contributed by atoms with Crippen LogP contribution in [0.1, 0.15) is 34.6 Å². The van der Waals surface area contributed by atoms with E-state index in [-0.39, 0.29) is 23.5 Å². The average molecular weight is 339 g/mol. The van der Waals surface area contributed by atoms with Crippen molar-refractivity contribution in [2.24, 2.45) is 0 Å². The van der Waals surface area contributed by atoms with E-state index in [1.54, 1.807) is 24.3 Å². The predicted molar refractivity (Wildman–Crippen MR) is 96.9 cm³/mol. The Kier molecular flexibility index (Phi) is 6.28. The van der Waals surface area contributed by atoms with E-state index in [1.807, 2.05) is 19.9 Å². The summed E-state index contributed by atoms with van der Waals surface area (Å²) in [5.74, 6) is -0.102. The van der Waals surface area contributed by atoms with Crippen LogP contribution in [0.3, 0.4) is 0 Å². The molecular formula is C19H21N3O3. The fourth-order valence-electron chi connectivity index (χ4n) is 2.08. The van der Waals surface area contributed by atoms with Gasteiger partial charge in [-0.1, -0.05) is 18.2 Å². The van der Waals surface area contributed by atoms with Gasteiger partial charge >= 0.3 is 0 Å². The highest BCUT2D eigenvalue weighted by atomic mass is 16.5. The van der Waals surface area contributed by atoms with Crippen molar-refractivity contribution < 1.29 is 14.3 Å². The van der Waals surface area contributed by atoms with Crippen molar-refractivity contribution in [2.45, 2.75) is 20.0 Å². The normalized spacial score (nSPS) is 10.2. The molecule has 6 heteroatoms. The highest BCUT2D eigenvalue weighted by Gasteiger charge is 2.13. The standard InChI is InChI=1S/C19H21N3O3/c1-4-9-21-18(23)14-10-15(12-20-11-14)19(24)22-16-7-5-6-8-17(16)25-13(2)3/h4-8,10-13H,1,9H2,2-3H3,(H,21,23)(H,22,24). The number of amides is 2. The summed E-state index contributed by atoms with van der Waals surface area (Å²) >= 11 is 0. The minimum Gasteiger partial charge on any atom is -0.489 e. The van der Waals surface area contributed by atoms with E-state index < -0.39 is 0 Å². The van der Waals surface area contributed by atoms with Crippen LogP contribution in [-0.2, 0) is 0 Å². The van der Waals surface area contributed by atoms with E-state index in [9.17, 15) is 9.59 Å². The first kappa shape index (κ1) is 18.2. The molecule has 0 spiro atoms. The van der Waals surface area contributed by atoms with Crippen LogP contribution < -0.4 is 15.4 Å². The highest BCUT2D eigenvalue weighted by molar-refractivity contribution is 6.06. The van der Waals surface area contributed by atoms with Crippen LogP contribution in [0.25, 0.3) is 0 Å². The second-order valence-electron chi connectivity index (χ2n) is 5.58. The molecule has 130 valence electrons. The zero-order valence-corrected chi connectivity index (χ0v) is 14.3. The molecular weight excluding hydrogens is 318 g/mol. The maximum absolute atomic E-state index is 12.5. The van der Waals surface area contributed by atoms with E-state index in [4.69, 9.17) is 4.74 Å². The quantitative estimate of drug-likeness (QED) is 0.760. The van der Waals surface area contributed by atoms with Gasteiger partial charge in [0, 0.05) is 18.9 Å². The van der Waals surface area contributed by atoms with Crippen LogP contribution in [-0.4, -0.2) is 29.4 Å². The first-order valence-corrected chi connectivity index (χ1v) is 7.92. The van der Waals surface area contributed by atoms with E-state index in [1.165, 1.54) is 18.5 Å². The Morgan fingerprint density at radius 1 is 1.20 bits per heavy atom. The van der Waals surface area contributed by atoms with Crippen LogP contribution in [0, 0.1) is 0 Å². The molecule has 0 aliphatic heterocycles. The van der Waals surface area contributed by atoms with Gasteiger partial charge in [-0.15, -0.1) is 6.58 Å². The van der Waals surface area contributed by atoms with Gasteiger partial charge < -0.3 is 15.4 Å². The summed E-state index contributed by atoms with van der Waals surface area (Å²) in [6.07, 6.45) is 4.38. The molecule has 2 rings (SSSR count). The molecule has 0 aliphatic carbocycles. The van der Waals surface area contributed by atoms with Gasteiger partial charge in [0.05, 0.1) is 22.9 Å². The Hall–Kier alpha value is -3.15. The molecule has 0 bridgehead atoms. The maximum Gasteiger partial charge on any atom is 0.257 e. The van der Waals surface area contributed by atoms with Gasteiger partial charge in [-0.3, -0.25) is 14.6 Å². The van der Waals surface area contributed by atoms with Crippen molar-refractivity contribution in [2.75, 3.05) is 11.9 Å². The number of anilines is 1. The zero-order chi connectivity index (χ0) is 18.2. The molecule has 0 atom stereocenters. The number of carbonyl (C=O) groups is 2. The van der Waals surface area contributed by atoms with Crippen molar-refractivity contribution in [1.29, 1.82) is 0 Å². The Morgan fingerprint density at radius 3 is 2.56 bits per heavy atom. The zero-order valence-electron chi connectivity index (χ0n) is 14.3. The van der Waals surface area contributed by atoms with Crippen molar-refractivity contribution in [3.63, 3.8) is 0 Å². The third-order valence-corrected chi connectivity index (χ3v) is 3.17. The Bertz CT molecular complexity index is 772. The van der Waals surface area contributed by atoms with Crippen molar-refractivity contribution in [1.82, 2.24) is 10.3 Å². The van der Waals surface area contributed by atoms with Crippen molar-refractivity contribution in [3.8, 4) is 5.75 Å². The van der Waals surface area contributed by atoms with Crippen LogP contribution in [0.2, 0.25) is 0 Å². The molecule has 0 aliphatic rings. The number of hydrogen-bond donors (Lipinski definition) is 2. The number of ether oxygens (including phenoxy) is 1. The first-order chi connectivity index (χ1) is 12.0. The number of aromatic nitrogens is 1. The number of rotatable bonds is 7. The lowest BCUT2D eigenvalue weighted by Crippen LogP contribution is -2.24. The molecule has 0 unspecified atom stereocenters. The molecule has 0 saturated heterocycles. The number of nitrogens with zero attached hydrogens (tertiary/aromatic N) is 1. The molecule has 1 aromatic heterocycles. The van der Waals surface area contributed by atoms with E-state index >= 15 is 0 Å². The molecule has 0 saturated carbocycles. The summed E-state index contributed by atoms with van der Waals surface area (Å²) in [6.45, 7) is 7.70. The van der Waals surface area contributed by atoms with E-state index in [0.717, 1.165) is 0 Å². The van der Waals surface area contributed by atoms with Gasteiger partial charge in [-0.2, -0.15) is 0 Å². The van der Waals surface area contributed by atoms with Crippen LogP contribution in [0.4, 0.5) is 5.69 Å². The molecule has 2 N–H and O–H groups in total. The van der Waals surface area contributed by atoms with Gasteiger partial charge in [0.1, 0.15) is 5.75 Å². The first-order valence-electron chi connectivity index (χ1n) is 7.92. The largest absolute Gasteiger partial charge is 0.489 e. The molecule has 1 aromatic carbocycles. The lowest BCUT2D eigenvalue weighted by Gasteiger charge is -2.14. The molecule has 0 radical (unpaired) electrons. The Labute approximate surface area is 146 Å². The van der Waals surface area contributed by atoms with Crippen LogP contribution in [0.5, 0.6) is 5.75 Å². The number of carbonyl (C=O) groups excluding carboxylic acids is 2. The lowest BCUT2D eigenvalue weighted by atomic mass is 10.1. The maximum atomic E-state index is 12.5. The number of pyridine rings is 1. The summed E-state index contributed by atoms with van der Waals surface area (Å²) < 4.78 is 5.68. The SMILES string of the molecule is C=CCNC(=O)c1cncc(C(=O)Nc2ccccc2OC(C)C)c1. The third-order valence-electron chi connectivity index (χ3n) is 3.17. The van der Waals surface area contributed by atoms with Crippen LogP contribution in [0.15, 0.2) is 55.4 Å². The van der Waals surface area contributed by atoms with Gasteiger partial charge in [-0.05, 0) is 32.0 Å². The molecule has 2 aromatic rings. The summed E-state index contributed by atoms with van der Waals surface area (Å²) in [4.78, 5) is 28.4. The molecule has 6 nitrogen and oxygen atoms in total. The number of para-hydroxylation sites is 2. The highest BCUT2D eigenvalue weighted by Crippen LogP contribution is 2.25. The van der Waals surface area contributed by atoms with E-state index in [0.29, 0.717) is 23.5 Å². The monoisotopic (exact) mass is 339 g/mol. The number of benzene rings is 1. The van der Waals surface area contributed by atoms with Gasteiger partial charge in [-0.25, -0.2) is 0 Å². The molecule has 1 heterocycles. The second kappa shape index (κ2) is 8.63. The summed E-state index contributed by atoms with van der Waals surface area (Å²) in [5.41, 5.74) is 1.15. The van der Waals surface area contributed by atoms with Crippen molar-refractivity contribution >= 4 is 17.5 Å². The minimum atomic E-state index is -0.370. The predicted octanol–water partition coefficient (Wildman–Crippen LogP) is 3.04. The van der Waals surface area contributed by atoms with Gasteiger partial charge in [0.25, 0.3) is 11.8 Å². The molecule has 0 fully saturated rings. The smallest absolute Gasteiger partial charge is 0.257 e. The van der Waals surface area contributed by atoms with E-state index in [2.05, 4.69) is 22.2 Å². The Morgan fingerprint density at radius 2 is 1.88 bits per heavy atom. The minimum absolute atomic E-state index is 0.0170. The van der Waals surface area contributed by atoms with Gasteiger partial charge in [0.2, 0.25) is 0 Å². The average Bonchev–Trinajstić information content (AvgIpc) is 2.61. The second-order valence-corrected chi connectivity index (χ2v) is 5.58. The third kappa shape index (κ3) is 5.17. The number of hydrogen-bond acceptors (Lipinski definition) is 4. The molecule has 25 heavy (non-hydrogen) atoms. The van der Waals surface area contributed by atoms with Crippen molar-refractivity contribution in [3.05, 3.63) is 66.5 Å². The summed E-state index contributed by atoms with van der Waals surface area (Å²) in [6, 6.07) is 8.67. The summed E-state index contributed by atoms with van der Waals surface area (Å²) in [7, 11) is 0. The van der Waals surface area contributed by atoms with Crippen LogP contribution >= 0.6 is 0 Å². The lowest BCUT2D eigenvalue weighted by molar-refractivity contribution is 0.0957. The number of nitrogens with one attached hydrogen (secondary N) is 2. The fourth-order valence-corrected chi connectivity index (χ4v) is 2.08. The Balaban J connectivity index is 2.16.